The molecule has 2 aromatic rings. The molecule has 0 spiro atoms. The third kappa shape index (κ3) is 8.41. The predicted molar refractivity (Wildman–Crippen MR) is 115 cm³/mol. The summed E-state index contributed by atoms with van der Waals surface area (Å²) in [5.41, 5.74) is 2.38. The van der Waals surface area contributed by atoms with Gasteiger partial charge in [0.25, 0.3) is 0 Å². The number of nitrogens with zero attached hydrogens (tertiary/aromatic N) is 2. The molecule has 1 heterocycles. The summed E-state index contributed by atoms with van der Waals surface area (Å²) in [6, 6.07) is 12.3. The minimum absolute atomic E-state index is 0.303. The summed E-state index contributed by atoms with van der Waals surface area (Å²) >= 11 is 0. The van der Waals surface area contributed by atoms with Gasteiger partial charge in [-0.15, -0.1) is 6.58 Å². The predicted octanol–water partition coefficient (Wildman–Crippen LogP) is 2.95. The monoisotopic (exact) mass is 402 g/mol. The van der Waals surface area contributed by atoms with Crippen molar-refractivity contribution in [1.82, 2.24) is 9.47 Å². The fourth-order valence-corrected chi connectivity index (χ4v) is 3.25. The van der Waals surface area contributed by atoms with Crippen molar-refractivity contribution in [3.05, 3.63) is 66.5 Å². The van der Waals surface area contributed by atoms with Gasteiger partial charge in [-0.3, -0.25) is 4.90 Å². The highest BCUT2D eigenvalue weighted by Crippen LogP contribution is 2.16. The highest BCUT2D eigenvalue weighted by atomic mass is 16.5. The Morgan fingerprint density at radius 3 is 2.86 bits per heavy atom. The molecular weight excluding hydrogens is 368 g/mol. The third-order valence-corrected chi connectivity index (χ3v) is 4.63. The van der Waals surface area contributed by atoms with E-state index in [-0.39, 0.29) is 0 Å². The van der Waals surface area contributed by atoms with Gasteiger partial charge in [-0.2, -0.15) is 0 Å². The molecule has 2 rings (SSSR count). The quantitative estimate of drug-likeness (QED) is 0.367. The smallest absolute Gasteiger partial charge is 0.119 e. The molecule has 1 aromatic carbocycles. The number of aliphatic hydroxyl groups excluding tert-OH is 1. The zero-order valence-electron chi connectivity index (χ0n) is 17.6. The Bertz CT molecular complexity index is 716. The number of methoxy groups -OCH3 is 2. The number of aromatic nitrogens is 1. The average Bonchev–Trinajstić information content (AvgIpc) is 3.15. The Morgan fingerprint density at radius 1 is 1.24 bits per heavy atom. The molecule has 0 amide bonds. The van der Waals surface area contributed by atoms with Crippen molar-refractivity contribution < 1.29 is 19.3 Å². The van der Waals surface area contributed by atoms with Crippen LogP contribution < -0.4 is 4.74 Å². The zero-order valence-corrected chi connectivity index (χ0v) is 17.6. The van der Waals surface area contributed by atoms with Gasteiger partial charge in [-0.05, 0) is 36.2 Å². The van der Waals surface area contributed by atoms with E-state index in [1.54, 1.807) is 20.3 Å². The fourth-order valence-electron chi connectivity index (χ4n) is 3.25. The van der Waals surface area contributed by atoms with E-state index in [1.807, 2.05) is 12.1 Å². The molecule has 0 aliphatic rings. The summed E-state index contributed by atoms with van der Waals surface area (Å²) in [5.74, 6) is 0.861. The standard InChI is InChI=1S/C23H34N2O4/c1-4-13-29-19-22(26)18-24(11-7-14-27-2)17-21-9-6-12-25(21)16-20-8-5-10-23(15-20)28-3/h4-6,8-10,12,15,22,26H,1,7,11,13-14,16-19H2,2-3H3. The van der Waals surface area contributed by atoms with Crippen molar-refractivity contribution in [3.8, 4) is 5.75 Å². The van der Waals surface area contributed by atoms with Crippen molar-refractivity contribution in [2.75, 3.05) is 47.1 Å². The van der Waals surface area contributed by atoms with Crippen LogP contribution in [0.1, 0.15) is 17.7 Å². The van der Waals surface area contributed by atoms with Gasteiger partial charge in [0.05, 0.1) is 26.4 Å². The first-order chi connectivity index (χ1) is 14.2. The maximum Gasteiger partial charge on any atom is 0.119 e. The van der Waals surface area contributed by atoms with Crippen LogP contribution in [-0.4, -0.2) is 67.8 Å². The Kier molecular flexibility index (Phi) is 10.5. The van der Waals surface area contributed by atoms with Crippen molar-refractivity contribution in [2.45, 2.75) is 25.6 Å². The van der Waals surface area contributed by atoms with Crippen molar-refractivity contribution in [1.29, 1.82) is 0 Å². The van der Waals surface area contributed by atoms with Gasteiger partial charge < -0.3 is 23.9 Å². The van der Waals surface area contributed by atoms with Crippen LogP contribution >= 0.6 is 0 Å². The van der Waals surface area contributed by atoms with Crippen LogP contribution in [-0.2, 0) is 22.6 Å². The molecule has 160 valence electrons. The van der Waals surface area contributed by atoms with Crippen molar-refractivity contribution >= 4 is 0 Å². The normalized spacial score (nSPS) is 12.3. The highest BCUT2D eigenvalue weighted by molar-refractivity contribution is 5.29. The molecule has 0 aliphatic heterocycles. The summed E-state index contributed by atoms with van der Waals surface area (Å²) in [6.07, 6.45) is 4.15. The molecule has 6 heteroatoms. The van der Waals surface area contributed by atoms with Gasteiger partial charge in [0, 0.05) is 51.8 Å². The van der Waals surface area contributed by atoms with E-state index in [0.29, 0.717) is 26.4 Å². The maximum absolute atomic E-state index is 10.3. The molecule has 0 saturated carbocycles. The van der Waals surface area contributed by atoms with Gasteiger partial charge in [0.1, 0.15) is 5.75 Å². The first-order valence-electron chi connectivity index (χ1n) is 10.0. The fraction of sp³-hybridized carbons (Fsp3) is 0.478. The third-order valence-electron chi connectivity index (χ3n) is 4.63. The Morgan fingerprint density at radius 2 is 2.10 bits per heavy atom. The Hall–Kier alpha value is -2.12. The van der Waals surface area contributed by atoms with E-state index in [0.717, 1.165) is 31.8 Å². The molecule has 0 aliphatic carbocycles. The summed E-state index contributed by atoms with van der Waals surface area (Å²) in [5, 5.41) is 10.3. The number of aliphatic hydroxyl groups is 1. The van der Waals surface area contributed by atoms with Crippen molar-refractivity contribution in [2.24, 2.45) is 0 Å². The molecule has 0 bridgehead atoms. The molecule has 0 radical (unpaired) electrons. The largest absolute Gasteiger partial charge is 0.497 e. The van der Waals surface area contributed by atoms with Crippen LogP contribution in [0.4, 0.5) is 0 Å². The van der Waals surface area contributed by atoms with Crippen LogP contribution in [0.5, 0.6) is 5.75 Å². The Labute approximate surface area is 174 Å². The lowest BCUT2D eigenvalue weighted by molar-refractivity contribution is 0.0225. The van der Waals surface area contributed by atoms with Gasteiger partial charge in [0.2, 0.25) is 0 Å². The van der Waals surface area contributed by atoms with Crippen LogP contribution in [0.3, 0.4) is 0 Å². The number of hydrogen-bond acceptors (Lipinski definition) is 5. The minimum atomic E-state index is -0.542. The first kappa shape index (κ1) is 23.2. The molecule has 0 fully saturated rings. The van der Waals surface area contributed by atoms with Crippen LogP contribution in [0, 0.1) is 0 Å². The molecule has 6 nitrogen and oxygen atoms in total. The average molecular weight is 403 g/mol. The summed E-state index contributed by atoms with van der Waals surface area (Å²) < 4.78 is 18.2. The second kappa shape index (κ2) is 13.2. The lowest BCUT2D eigenvalue weighted by Crippen LogP contribution is -2.36. The first-order valence-corrected chi connectivity index (χ1v) is 10.0. The summed E-state index contributed by atoms with van der Waals surface area (Å²) in [4.78, 5) is 2.25. The van der Waals surface area contributed by atoms with Crippen LogP contribution in [0.15, 0.2) is 55.3 Å². The van der Waals surface area contributed by atoms with Crippen LogP contribution in [0.2, 0.25) is 0 Å². The van der Waals surface area contributed by atoms with E-state index in [9.17, 15) is 5.11 Å². The van der Waals surface area contributed by atoms with Crippen LogP contribution in [0.25, 0.3) is 0 Å². The number of rotatable bonds is 15. The summed E-state index contributed by atoms with van der Waals surface area (Å²) in [6.45, 7) is 8.00. The van der Waals surface area contributed by atoms with Gasteiger partial charge in [-0.1, -0.05) is 18.2 Å². The molecule has 0 saturated heterocycles. The SMILES string of the molecule is C=CCOCC(O)CN(CCCOC)Cc1cccn1Cc1cccc(OC)c1. The zero-order chi connectivity index (χ0) is 20.9. The summed E-state index contributed by atoms with van der Waals surface area (Å²) in [7, 11) is 3.39. The van der Waals surface area contributed by atoms with Gasteiger partial charge >= 0.3 is 0 Å². The second-order valence-electron chi connectivity index (χ2n) is 7.04. The minimum Gasteiger partial charge on any atom is -0.497 e. The van der Waals surface area contributed by atoms with E-state index in [1.165, 1.54) is 11.3 Å². The van der Waals surface area contributed by atoms with Crippen molar-refractivity contribution in [3.63, 3.8) is 0 Å². The molecule has 1 N–H and O–H groups in total. The lowest BCUT2D eigenvalue weighted by atomic mass is 10.2. The number of hydrogen-bond donors (Lipinski definition) is 1. The highest BCUT2D eigenvalue weighted by Gasteiger charge is 2.14. The lowest BCUT2D eigenvalue weighted by Gasteiger charge is -2.25. The molecule has 1 unspecified atom stereocenters. The topological polar surface area (TPSA) is 56.1 Å². The maximum atomic E-state index is 10.3. The number of benzene rings is 1. The molecule has 1 aromatic heterocycles. The number of ether oxygens (including phenoxy) is 3. The molecular formula is C23H34N2O4. The van der Waals surface area contributed by atoms with Gasteiger partial charge in [-0.25, -0.2) is 0 Å². The second-order valence-corrected chi connectivity index (χ2v) is 7.04. The van der Waals surface area contributed by atoms with Gasteiger partial charge in [0.15, 0.2) is 0 Å². The molecule has 1 atom stereocenters. The van der Waals surface area contributed by atoms with E-state index in [4.69, 9.17) is 14.2 Å². The molecule has 29 heavy (non-hydrogen) atoms. The Balaban J connectivity index is 2.01. The van der Waals surface area contributed by atoms with E-state index >= 15 is 0 Å². The van der Waals surface area contributed by atoms with E-state index in [2.05, 4.69) is 46.5 Å². The van der Waals surface area contributed by atoms with E-state index < -0.39 is 6.10 Å².